The Morgan fingerprint density at radius 2 is 1.61 bits per heavy atom. The van der Waals surface area contributed by atoms with Crippen LogP contribution in [-0.2, 0) is 45.2 Å². The number of hydrogen-bond acceptors (Lipinski definition) is 17. The van der Waals surface area contributed by atoms with E-state index in [9.17, 15) is 27.9 Å². The molecule has 0 saturated carbocycles. The highest BCUT2D eigenvalue weighted by atomic mass is 35.5. The molecule has 4 unspecified atom stereocenters. The molecule has 5 heterocycles. The number of fused-ring (bicyclic) bond motifs is 1. The number of benzene rings is 3. The predicted molar refractivity (Wildman–Crippen MR) is 323 cm³/mol. The number of nitrogens with zero attached hydrogens (tertiary/aromatic N) is 6. The molecule has 21 nitrogen and oxygen atoms in total. The first kappa shape index (κ1) is 63.7. The number of unbranched alkanes of at least 4 members (excludes halogenated alkanes) is 6. The second kappa shape index (κ2) is 30.2. The van der Waals surface area contributed by atoms with E-state index in [0.717, 1.165) is 105 Å². The maximum atomic E-state index is 14.0. The first-order chi connectivity index (χ1) is 40.4. The number of halogens is 1. The molecule has 8 rings (SSSR count). The summed E-state index contributed by atoms with van der Waals surface area (Å²) in [6, 6.07) is 17.2. The van der Waals surface area contributed by atoms with Crippen molar-refractivity contribution in [1.82, 2.24) is 45.6 Å². The van der Waals surface area contributed by atoms with Gasteiger partial charge in [-0.15, -0.1) is 11.3 Å². The summed E-state index contributed by atoms with van der Waals surface area (Å²) in [5, 5.41) is 24.5. The van der Waals surface area contributed by atoms with Crippen LogP contribution in [0.2, 0.25) is 5.02 Å². The number of amides is 3. The number of aliphatic hydroxyl groups is 1. The summed E-state index contributed by atoms with van der Waals surface area (Å²) in [4.78, 5) is 59.1. The number of methoxy groups -OCH3 is 1. The Bertz CT molecular complexity index is 3250. The number of aromatic amines is 1. The number of nitrogens with one attached hydrogen (secondary N) is 4. The third kappa shape index (κ3) is 17.6. The van der Waals surface area contributed by atoms with Gasteiger partial charge in [0.25, 0.3) is 10.0 Å². The van der Waals surface area contributed by atoms with Crippen LogP contribution in [0.3, 0.4) is 0 Å². The van der Waals surface area contributed by atoms with Crippen LogP contribution in [0.25, 0.3) is 32.9 Å². The number of rotatable bonds is 30. The van der Waals surface area contributed by atoms with E-state index in [-0.39, 0.29) is 48.0 Å². The monoisotopic (exact) mass is 1210 g/mol. The number of thiazole rings is 1. The quantitative estimate of drug-likeness (QED) is 0.0266. The zero-order valence-corrected chi connectivity index (χ0v) is 51.2. The lowest BCUT2D eigenvalue weighted by molar-refractivity contribution is -0.144. The summed E-state index contributed by atoms with van der Waals surface area (Å²) in [6.07, 6.45) is 7.02. The molecule has 4 atom stereocenters. The molecule has 0 radical (unpaired) electrons. The SMILES string of the molecule is COc1ccc(Cl)c(S(=O)(=O)Nc2ccc(-c3nc(OCC4CN(CCCCCCOCCCCCCOCC(=O)NC(C(=O)N5CC(O)CC5C(=O)NCc5ccc(-c6scnc6C)cc5)C(C)(C)C)CCO4)c4c(C)[nH]nc4n3)cc2)c1. The van der Waals surface area contributed by atoms with Gasteiger partial charge in [-0.3, -0.25) is 29.1 Å². The van der Waals surface area contributed by atoms with E-state index >= 15 is 0 Å². The lowest BCUT2D eigenvalue weighted by Crippen LogP contribution is -2.58. The highest BCUT2D eigenvalue weighted by Gasteiger charge is 2.44. The van der Waals surface area contributed by atoms with Gasteiger partial charge in [0, 0.05) is 75.4 Å². The number of morpholine rings is 1. The Hall–Kier alpha value is -6.31. The first-order valence-electron chi connectivity index (χ1n) is 28.7. The fraction of sp³-hybridized carbons (Fsp3) is 0.517. The number of H-pyrrole nitrogens is 1. The second-order valence-corrected chi connectivity index (χ2v) is 25.3. The molecular formula is C60H79ClN10O11S2. The summed E-state index contributed by atoms with van der Waals surface area (Å²) < 4.78 is 58.2. The van der Waals surface area contributed by atoms with Gasteiger partial charge in [-0.05, 0) is 99.0 Å². The highest BCUT2D eigenvalue weighted by molar-refractivity contribution is 7.92. The third-order valence-corrected chi connectivity index (χ3v) is 17.6. The largest absolute Gasteiger partial charge is 0.497 e. The number of aryl methyl sites for hydroxylation is 2. The average molecular weight is 1220 g/mol. The third-order valence-electron chi connectivity index (χ3n) is 14.8. The van der Waals surface area contributed by atoms with Crippen molar-refractivity contribution in [3.63, 3.8) is 0 Å². The molecular weight excluding hydrogens is 1140 g/mol. The summed E-state index contributed by atoms with van der Waals surface area (Å²) in [7, 11) is -2.56. The molecule has 3 aromatic heterocycles. The van der Waals surface area contributed by atoms with E-state index in [1.54, 1.807) is 41.7 Å². The molecule has 0 spiro atoms. The van der Waals surface area contributed by atoms with Gasteiger partial charge in [0.2, 0.25) is 23.6 Å². The fourth-order valence-electron chi connectivity index (χ4n) is 10.1. The van der Waals surface area contributed by atoms with Crippen molar-refractivity contribution in [2.24, 2.45) is 5.41 Å². The molecule has 0 aliphatic carbocycles. The van der Waals surface area contributed by atoms with E-state index in [2.05, 4.69) is 40.4 Å². The Kier molecular flexibility index (Phi) is 22.9. The molecule has 3 amide bonds. The number of likely N-dealkylation sites (tertiary alicyclic amines) is 1. The number of carbonyl (C=O) groups excluding carboxylic acids is 3. The normalized spacial score (nSPS) is 17.1. The van der Waals surface area contributed by atoms with Crippen LogP contribution >= 0.6 is 22.9 Å². The van der Waals surface area contributed by atoms with Gasteiger partial charge in [-0.2, -0.15) is 10.1 Å². The molecule has 2 saturated heterocycles. The van der Waals surface area contributed by atoms with Crippen LogP contribution < -0.4 is 24.8 Å². The van der Waals surface area contributed by atoms with Crippen molar-refractivity contribution >= 4 is 67.4 Å². The summed E-state index contributed by atoms with van der Waals surface area (Å²) >= 11 is 7.80. The zero-order chi connectivity index (χ0) is 59.8. The van der Waals surface area contributed by atoms with Gasteiger partial charge >= 0.3 is 0 Å². The van der Waals surface area contributed by atoms with Crippen molar-refractivity contribution in [3.05, 3.63) is 94.2 Å². The van der Waals surface area contributed by atoms with Crippen LogP contribution in [-0.4, -0.2) is 163 Å². The maximum absolute atomic E-state index is 14.0. The lowest BCUT2D eigenvalue weighted by Gasteiger charge is -2.35. The van der Waals surface area contributed by atoms with E-state index in [1.165, 1.54) is 24.1 Å². The first-order valence-corrected chi connectivity index (χ1v) is 31.5. The summed E-state index contributed by atoms with van der Waals surface area (Å²) in [6.45, 7) is 14.8. The summed E-state index contributed by atoms with van der Waals surface area (Å²) in [5.41, 5.74) is 6.24. The molecule has 84 heavy (non-hydrogen) atoms. The zero-order valence-electron chi connectivity index (χ0n) is 48.8. The molecule has 6 aromatic rings. The molecule has 2 fully saturated rings. The average Bonchev–Trinajstić information content (AvgIpc) is 3.54. The minimum atomic E-state index is -4.01. The van der Waals surface area contributed by atoms with Crippen LogP contribution in [0.4, 0.5) is 5.69 Å². The Balaban J connectivity index is 0.659. The number of aliphatic hydroxyl groups excluding tert-OH is 1. The van der Waals surface area contributed by atoms with Crippen LogP contribution in [0.15, 0.2) is 77.1 Å². The number of anilines is 1. The van der Waals surface area contributed by atoms with Gasteiger partial charge in [-0.1, -0.05) is 82.3 Å². The molecule has 454 valence electrons. The maximum Gasteiger partial charge on any atom is 0.263 e. The second-order valence-electron chi connectivity index (χ2n) is 22.4. The molecule has 0 bridgehead atoms. The van der Waals surface area contributed by atoms with Crippen molar-refractivity contribution in [3.8, 4) is 33.5 Å². The lowest BCUT2D eigenvalue weighted by atomic mass is 9.85. The van der Waals surface area contributed by atoms with Crippen molar-refractivity contribution in [1.29, 1.82) is 0 Å². The Labute approximate surface area is 501 Å². The van der Waals surface area contributed by atoms with Crippen molar-refractivity contribution < 1.29 is 51.6 Å². The van der Waals surface area contributed by atoms with Gasteiger partial charge in [-0.25, -0.2) is 18.4 Å². The summed E-state index contributed by atoms with van der Waals surface area (Å²) in [5.74, 6) is -0.0721. The standard InChI is InChI=1S/C60H79ClN10O11S2/c1-39-52-56(68-67-39)65-55(43-19-21-44(22-20-43)69-84(76,77)50-32-46(78-6)23-24-48(50)61)66-58(52)82-36-47-35-70(26-30-81-47)25-11-7-8-12-27-79-28-13-9-10-14-29-80-37-51(73)64-54(60(3,4)5)59(75)71-34-45(72)31-49(71)57(74)62-33-41-15-17-42(18-16-41)53-40(2)63-38-83-53/h15-24,32,38,45,47,49,54,69,72H,7-14,25-31,33-37H2,1-6H3,(H,62,74)(H,64,73)(H,65,66,67,68). The number of sulfonamides is 1. The van der Waals surface area contributed by atoms with E-state index < -0.39 is 45.4 Å². The van der Waals surface area contributed by atoms with Gasteiger partial charge in [0.15, 0.2) is 11.5 Å². The number of aromatic nitrogens is 5. The van der Waals surface area contributed by atoms with E-state index in [0.29, 0.717) is 66.2 Å². The van der Waals surface area contributed by atoms with Crippen molar-refractivity contribution in [2.45, 2.75) is 128 Å². The van der Waals surface area contributed by atoms with Gasteiger partial charge < -0.3 is 44.3 Å². The number of carbonyl (C=O) groups is 3. The van der Waals surface area contributed by atoms with Crippen LogP contribution in [0, 0.1) is 19.3 Å². The van der Waals surface area contributed by atoms with E-state index in [4.69, 9.17) is 40.3 Å². The molecule has 2 aliphatic rings. The predicted octanol–water partition coefficient (Wildman–Crippen LogP) is 8.27. The topological polar surface area (TPSA) is 262 Å². The Morgan fingerprint density at radius 1 is 0.905 bits per heavy atom. The highest BCUT2D eigenvalue weighted by Crippen LogP contribution is 2.33. The van der Waals surface area contributed by atoms with Crippen molar-refractivity contribution in [2.75, 3.05) is 77.7 Å². The molecule has 5 N–H and O–H groups in total. The fourth-order valence-corrected chi connectivity index (χ4v) is 12.5. The molecule has 3 aromatic carbocycles. The number of ether oxygens (including phenoxy) is 5. The van der Waals surface area contributed by atoms with Gasteiger partial charge in [0.1, 0.15) is 47.4 Å². The number of hydrogen-bond donors (Lipinski definition) is 5. The Morgan fingerprint density at radius 3 is 2.30 bits per heavy atom. The van der Waals surface area contributed by atoms with Crippen LogP contribution in [0.5, 0.6) is 11.6 Å². The smallest absolute Gasteiger partial charge is 0.263 e. The molecule has 2 aliphatic heterocycles. The van der Waals surface area contributed by atoms with E-state index in [1.807, 2.05) is 64.4 Å². The van der Waals surface area contributed by atoms with Gasteiger partial charge in [0.05, 0.1) is 40.9 Å². The molecule has 24 heteroatoms. The number of β-amino-alcohol motifs (C(OH)–C–C–N with tert-alkyl or cyclic N) is 1. The minimum absolute atomic E-state index is 0.000631. The minimum Gasteiger partial charge on any atom is -0.497 e. The van der Waals surface area contributed by atoms with Crippen LogP contribution in [0.1, 0.15) is 95.5 Å².